The molecular formula is C27H24N2O4S. The van der Waals surface area contributed by atoms with Gasteiger partial charge in [-0.3, -0.25) is 0 Å². The molecule has 3 heterocycles. The van der Waals surface area contributed by atoms with E-state index >= 15 is 0 Å². The third kappa shape index (κ3) is 3.04. The summed E-state index contributed by atoms with van der Waals surface area (Å²) in [4.78, 5) is 12.5. The number of hydrogen-bond donors (Lipinski definition) is 2. The van der Waals surface area contributed by atoms with Crippen LogP contribution in [0.25, 0.3) is 22.0 Å². The number of sulfone groups is 1. The Labute approximate surface area is 197 Å². The Balaban J connectivity index is 1.59. The van der Waals surface area contributed by atoms with Gasteiger partial charge in [-0.25, -0.2) is 13.2 Å². The molecule has 6 nitrogen and oxygen atoms in total. The van der Waals surface area contributed by atoms with Crippen molar-refractivity contribution in [3.05, 3.63) is 83.6 Å². The molecule has 2 bridgehead atoms. The number of hydrogen-bond acceptors (Lipinski definition) is 4. The van der Waals surface area contributed by atoms with Crippen LogP contribution in [0.2, 0.25) is 0 Å². The Hall–Kier alpha value is -3.42. The first-order valence-corrected chi connectivity index (χ1v) is 12.9. The van der Waals surface area contributed by atoms with Crippen molar-refractivity contribution in [2.75, 3.05) is 0 Å². The molecule has 7 heteroatoms. The molecule has 6 rings (SSSR count). The van der Waals surface area contributed by atoms with Gasteiger partial charge in [-0.05, 0) is 53.8 Å². The number of carboxylic acids is 1. The van der Waals surface area contributed by atoms with E-state index in [-0.39, 0.29) is 21.4 Å². The molecule has 0 saturated carbocycles. The van der Waals surface area contributed by atoms with E-state index in [1.54, 1.807) is 18.2 Å². The molecule has 1 aromatic heterocycles. The van der Waals surface area contributed by atoms with Crippen LogP contribution in [0.5, 0.6) is 0 Å². The third-order valence-electron chi connectivity index (χ3n) is 7.28. The predicted molar refractivity (Wildman–Crippen MR) is 130 cm³/mol. The van der Waals surface area contributed by atoms with E-state index in [1.807, 2.05) is 48.0 Å². The zero-order chi connectivity index (χ0) is 23.6. The maximum Gasteiger partial charge on any atom is 0.337 e. The van der Waals surface area contributed by atoms with Gasteiger partial charge in [0.15, 0.2) is 0 Å². The molecule has 2 unspecified atom stereocenters. The quantitative estimate of drug-likeness (QED) is 0.449. The molecule has 0 aliphatic carbocycles. The van der Waals surface area contributed by atoms with Crippen molar-refractivity contribution in [3.63, 3.8) is 0 Å². The molecule has 34 heavy (non-hydrogen) atoms. The second-order valence-corrected chi connectivity index (χ2v) is 11.1. The first-order valence-electron chi connectivity index (χ1n) is 11.4. The molecule has 3 aromatic carbocycles. The number of aromatic carboxylic acids is 1. The number of benzene rings is 3. The van der Waals surface area contributed by atoms with E-state index in [9.17, 15) is 18.3 Å². The lowest BCUT2D eigenvalue weighted by Crippen LogP contribution is -2.32. The molecule has 1 fully saturated rings. The van der Waals surface area contributed by atoms with Gasteiger partial charge in [0.05, 0.1) is 15.4 Å². The highest BCUT2D eigenvalue weighted by atomic mass is 32.2. The van der Waals surface area contributed by atoms with E-state index in [2.05, 4.69) is 5.32 Å². The van der Waals surface area contributed by atoms with Crippen LogP contribution >= 0.6 is 0 Å². The first kappa shape index (κ1) is 21.1. The summed E-state index contributed by atoms with van der Waals surface area (Å²) in [6.45, 7) is 0. The summed E-state index contributed by atoms with van der Waals surface area (Å²) in [6.07, 6.45) is 2.77. The molecule has 0 radical (unpaired) electrons. The molecular weight excluding hydrogens is 448 g/mol. The van der Waals surface area contributed by atoms with Crippen LogP contribution in [-0.2, 0) is 23.3 Å². The Kier molecular flexibility index (Phi) is 4.69. The number of nitrogens with one attached hydrogen (secondary N) is 1. The molecule has 2 N–H and O–H groups in total. The van der Waals surface area contributed by atoms with Gasteiger partial charge in [0, 0.05) is 42.1 Å². The Morgan fingerprint density at radius 2 is 1.76 bits per heavy atom. The maximum absolute atomic E-state index is 13.8. The number of fused-ring (bicyclic) bond motifs is 6. The Morgan fingerprint density at radius 3 is 2.53 bits per heavy atom. The summed E-state index contributed by atoms with van der Waals surface area (Å²) in [6, 6.07) is 19.9. The number of aryl methyl sites for hydroxylation is 1. The summed E-state index contributed by atoms with van der Waals surface area (Å²) in [5.41, 5.74) is 4.33. The lowest BCUT2D eigenvalue weighted by molar-refractivity contribution is 0.0695. The Morgan fingerprint density at radius 1 is 1.00 bits per heavy atom. The van der Waals surface area contributed by atoms with Gasteiger partial charge >= 0.3 is 5.97 Å². The Bertz CT molecular complexity index is 1570. The first-order chi connectivity index (χ1) is 16.4. The van der Waals surface area contributed by atoms with Crippen molar-refractivity contribution in [2.45, 2.75) is 41.1 Å². The number of rotatable bonds is 4. The average Bonchev–Trinajstić information content (AvgIpc) is 3.37. The smallest absolute Gasteiger partial charge is 0.337 e. The minimum atomic E-state index is -4.08. The van der Waals surface area contributed by atoms with Crippen LogP contribution in [0.4, 0.5) is 0 Å². The number of carboxylic acid groups (broad SMARTS) is 1. The lowest BCUT2D eigenvalue weighted by Gasteiger charge is -2.23. The fraction of sp³-hybridized carbons (Fsp3) is 0.222. The van der Waals surface area contributed by atoms with Crippen LogP contribution < -0.4 is 5.32 Å². The second-order valence-electron chi connectivity index (χ2n) is 9.15. The molecule has 0 amide bonds. The molecule has 172 valence electrons. The summed E-state index contributed by atoms with van der Waals surface area (Å²) in [7, 11) is -2.14. The molecule has 0 spiro atoms. The fourth-order valence-corrected chi connectivity index (χ4v) is 7.19. The highest BCUT2D eigenvalue weighted by Gasteiger charge is 2.38. The van der Waals surface area contributed by atoms with Crippen molar-refractivity contribution in [3.8, 4) is 11.1 Å². The monoisotopic (exact) mass is 472 g/mol. The number of aromatic nitrogens is 1. The highest BCUT2D eigenvalue weighted by molar-refractivity contribution is 7.91. The summed E-state index contributed by atoms with van der Waals surface area (Å²) in [5, 5.41) is 14.4. The molecule has 2 atom stereocenters. The predicted octanol–water partition coefficient (Wildman–Crippen LogP) is 4.73. The van der Waals surface area contributed by atoms with Crippen LogP contribution in [0.1, 0.15) is 40.5 Å². The lowest BCUT2D eigenvalue weighted by atomic mass is 9.96. The van der Waals surface area contributed by atoms with Gasteiger partial charge in [-0.15, -0.1) is 0 Å². The SMILES string of the molecule is Cn1c2c(c3c(C(=O)O)c(S(=O)(=O)c4cccc(-c5ccccc5)c4)ccc31)C1CCC(C2)N1. The van der Waals surface area contributed by atoms with Crippen molar-refractivity contribution in [1.82, 2.24) is 9.88 Å². The average molecular weight is 473 g/mol. The largest absolute Gasteiger partial charge is 0.478 e. The zero-order valence-corrected chi connectivity index (χ0v) is 19.5. The van der Waals surface area contributed by atoms with Crippen molar-refractivity contribution < 1.29 is 18.3 Å². The normalized spacial score (nSPS) is 19.3. The number of nitrogens with zero attached hydrogens (tertiary/aromatic N) is 1. The summed E-state index contributed by atoms with van der Waals surface area (Å²) in [5.74, 6) is -1.23. The van der Waals surface area contributed by atoms with Gasteiger partial charge in [-0.1, -0.05) is 42.5 Å². The zero-order valence-electron chi connectivity index (χ0n) is 18.7. The standard InChI is InChI=1S/C27H24N2O4S/c1-29-21-12-13-23(26(27(30)31)25(21)24-20-11-10-18(28-20)15-22(24)29)34(32,33)19-9-5-8-17(14-19)16-6-3-2-4-7-16/h2-9,12-14,18,20,28H,10-11,15H2,1H3,(H,30,31). The number of carbonyl (C=O) groups is 1. The van der Waals surface area contributed by atoms with Crippen LogP contribution in [0.3, 0.4) is 0 Å². The van der Waals surface area contributed by atoms with Crippen LogP contribution in [-0.4, -0.2) is 30.1 Å². The van der Waals surface area contributed by atoms with Gasteiger partial charge < -0.3 is 15.0 Å². The van der Waals surface area contributed by atoms with Gasteiger partial charge in [0.2, 0.25) is 9.84 Å². The third-order valence-corrected chi connectivity index (χ3v) is 9.07. The van der Waals surface area contributed by atoms with Gasteiger partial charge in [0.1, 0.15) is 0 Å². The van der Waals surface area contributed by atoms with Crippen molar-refractivity contribution in [2.24, 2.45) is 7.05 Å². The summed E-state index contributed by atoms with van der Waals surface area (Å²) < 4.78 is 29.7. The van der Waals surface area contributed by atoms with Crippen molar-refractivity contribution in [1.29, 1.82) is 0 Å². The second kappa shape index (κ2) is 7.55. The van der Waals surface area contributed by atoms with E-state index < -0.39 is 15.8 Å². The van der Waals surface area contributed by atoms with Crippen molar-refractivity contribution >= 4 is 26.7 Å². The molecule has 2 aliphatic heterocycles. The maximum atomic E-state index is 13.8. The minimum absolute atomic E-state index is 0.0508. The highest BCUT2D eigenvalue weighted by Crippen LogP contribution is 2.44. The minimum Gasteiger partial charge on any atom is -0.478 e. The molecule has 4 aromatic rings. The van der Waals surface area contributed by atoms with Gasteiger partial charge in [-0.2, -0.15) is 0 Å². The fourth-order valence-electron chi connectivity index (χ4n) is 5.70. The van der Waals surface area contributed by atoms with E-state index in [1.165, 1.54) is 12.1 Å². The summed E-state index contributed by atoms with van der Waals surface area (Å²) >= 11 is 0. The topological polar surface area (TPSA) is 88.4 Å². The van der Waals surface area contributed by atoms with E-state index in [0.29, 0.717) is 11.4 Å². The molecule has 1 saturated heterocycles. The molecule has 2 aliphatic rings. The van der Waals surface area contributed by atoms with Crippen LogP contribution in [0.15, 0.2) is 76.5 Å². The van der Waals surface area contributed by atoms with Gasteiger partial charge in [0.25, 0.3) is 0 Å². The van der Waals surface area contributed by atoms with E-state index in [0.717, 1.165) is 47.2 Å². The van der Waals surface area contributed by atoms with E-state index in [4.69, 9.17) is 0 Å². The van der Waals surface area contributed by atoms with Crippen LogP contribution in [0, 0.1) is 0 Å².